The molecule has 1 amide bonds. The maximum Gasteiger partial charge on any atom is 0.225 e. The van der Waals surface area contributed by atoms with Gasteiger partial charge in [-0.1, -0.05) is 50.5 Å². The van der Waals surface area contributed by atoms with Gasteiger partial charge in [-0.05, 0) is 36.3 Å². The predicted octanol–water partition coefficient (Wildman–Crippen LogP) is 3.40. The summed E-state index contributed by atoms with van der Waals surface area (Å²) in [4.78, 5) is 11.7. The minimum Gasteiger partial charge on any atom is -0.369 e. The smallest absolute Gasteiger partial charge is 0.225 e. The zero-order chi connectivity index (χ0) is 13.0. The number of carbonyl (C=O) groups excluding carboxylic acids is 1. The van der Waals surface area contributed by atoms with E-state index < -0.39 is 0 Å². The van der Waals surface area contributed by atoms with E-state index >= 15 is 0 Å². The van der Waals surface area contributed by atoms with Crippen molar-refractivity contribution in [2.45, 2.75) is 51.4 Å². The zero-order valence-electron chi connectivity index (χ0n) is 11.2. The maximum atomic E-state index is 11.7. The summed E-state index contributed by atoms with van der Waals surface area (Å²) in [5.74, 6) is 0.216. The first-order valence-electron chi connectivity index (χ1n) is 7.10. The molecule has 18 heavy (non-hydrogen) atoms. The minimum absolute atomic E-state index is 0.0804. The Hall–Kier alpha value is -1.31. The van der Waals surface area contributed by atoms with E-state index in [0.717, 1.165) is 31.2 Å². The van der Waals surface area contributed by atoms with E-state index in [1.54, 1.807) is 0 Å². The van der Waals surface area contributed by atoms with Gasteiger partial charge in [0.25, 0.3) is 0 Å². The van der Waals surface area contributed by atoms with Crippen molar-refractivity contribution in [3.8, 4) is 0 Å². The molecule has 2 rings (SSSR count). The Morgan fingerprint density at radius 3 is 2.39 bits per heavy atom. The lowest BCUT2D eigenvalue weighted by Gasteiger charge is -2.20. The van der Waals surface area contributed by atoms with Gasteiger partial charge >= 0.3 is 0 Å². The molecule has 1 aromatic carbocycles. The summed E-state index contributed by atoms with van der Waals surface area (Å²) in [6.07, 6.45) is 7.02. The van der Waals surface area contributed by atoms with E-state index in [9.17, 15) is 4.79 Å². The molecule has 2 heteroatoms. The fourth-order valence-electron chi connectivity index (χ4n) is 3.14. The summed E-state index contributed by atoms with van der Waals surface area (Å²) < 4.78 is 0. The van der Waals surface area contributed by atoms with Gasteiger partial charge in [0.1, 0.15) is 0 Å². The van der Waals surface area contributed by atoms with E-state index in [1.807, 2.05) is 0 Å². The monoisotopic (exact) mass is 245 g/mol. The van der Waals surface area contributed by atoms with E-state index in [2.05, 4.69) is 31.2 Å². The van der Waals surface area contributed by atoms with E-state index in [1.165, 1.54) is 18.4 Å². The second-order valence-corrected chi connectivity index (χ2v) is 5.42. The highest BCUT2D eigenvalue weighted by atomic mass is 16.1. The molecular formula is C16H23NO. The van der Waals surface area contributed by atoms with Gasteiger partial charge < -0.3 is 5.73 Å². The molecule has 0 aromatic heterocycles. The van der Waals surface area contributed by atoms with E-state index in [-0.39, 0.29) is 11.8 Å². The van der Waals surface area contributed by atoms with Gasteiger partial charge in [0.05, 0.1) is 5.92 Å². The van der Waals surface area contributed by atoms with Crippen LogP contribution in [-0.4, -0.2) is 5.91 Å². The molecule has 1 aliphatic carbocycles. The SMILES string of the molecule is CCCc1ccc(C(C(N)=O)C2CCCC2)cc1. The summed E-state index contributed by atoms with van der Waals surface area (Å²) in [5.41, 5.74) is 8.06. The number of hydrogen-bond donors (Lipinski definition) is 1. The zero-order valence-corrected chi connectivity index (χ0v) is 11.2. The van der Waals surface area contributed by atoms with Crippen molar-refractivity contribution in [2.24, 2.45) is 11.7 Å². The summed E-state index contributed by atoms with van der Waals surface area (Å²) >= 11 is 0. The van der Waals surface area contributed by atoms with Gasteiger partial charge in [0, 0.05) is 0 Å². The number of nitrogens with two attached hydrogens (primary N) is 1. The predicted molar refractivity (Wildman–Crippen MR) is 74.3 cm³/mol. The molecule has 0 bridgehead atoms. The minimum atomic E-state index is -0.162. The van der Waals surface area contributed by atoms with Crippen LogP contribution in [0.2, 0.25) is 0 Å². The third-order valence-electron chi connectivity index (χ3n) is 4.06. The van der Waals surface area contributed by atoms with Crippen LogP contribution in [0.1, 0.15) is 56.1 Å². The van der Waals surface area contributed by atoms with Gasteiger partial charge in [-0.15, -0.1) is 0 Å². The number of aryl methyl sites for hydroxylation is 1. The first-order valence-corrected chi connectivity index (χ1v) is 7.10. The fraction of sp³-hybridized carbons (Fsp3) is 0.562. The van der Waals surface area contributed by atoms with Crippen LogP contribution in [0, 0.1) is 5.92 Å². The molecule has 1 atom stereocenters. The lowest BCUT2D eigenvalue weighted by molar-refractivity contribution is -0.120. The van der Waals surface area contributed by atoms with Crippen molar-refractivity contribution in [1.82, 2.24) is 0 Å². The average Bonchev–Trinajstić information content (AvgIpc) is 2.85. The van der Waals surface area contributed by atoms with Crippen molar-refractivity contribution < 1.29 is 4.79 Å². The third-order valence-corrected chi connectivity index (χ3v) is 4.06. The number of carbonyl (C=O) groups is 1. The lowest BCUT2D eigenvalue weighted by Crippen LogP contribution is -2.26. The van der Waals surface area contributed by atoms with Crippen LogP contribution < -0.4 is 5.73 Å². The molecule has 0 spiro atoms. The molecule has 98 valence electrons. The van der Waals surface area contributed by atoms with Gasteiger partial charge in [-0.25, -0.2) is 0 Å². The molecule has 1 aliphatic rings. The maximum absolute atomic E-state index is 11.7. The topological polar surface area (TPSA) is 43.1 Å². The molecule has 1 aromatic rings. The van der Waals surface area contributed by atoms with Gasteiger partial charge in [0.2, 0.25) is 5.91 Å². The Bertz CT molecular complexity index is 390. The average molecular weight is 245 g/mol. The van der Waals surface area contributed by atoms with Crippen molar-refractivity contribution >= 4 is 5.91 Å². The highest BCUT2D eigenvalue weighted by Gasteiger charge is 2.30. The Morgan fingerprint density at radius 1 is 1.28 bits per heavy atom. The van der Waals surface area contributed by atoms with E-state index in [0.29, 0.717) is 5.92 Å². The number of rotatable bonds is 5. The van der Waals surface area contributed by atoms with Crippen LogP contribution in [0.25, 0.3) is 0 Å². The van der Waals surface area contributed by atoms with Crippen LogP contribution in [0.4, 0.5) is 0 Å². The molecule has 1 saturated carbocycles. The number of primary amides is 1. The Morgan fingerprint density at radius 2 is 1.89 bits per heavy atom. The summed E-state index contributed by atoms with van der Waals surface area (Å²) in [7, 11) is 0. The van der Waals surface area contributed by atoms with Gasteiger partial charge in [0.15, 0.2) is 0 Å². The molecule has 0 aliphatic heterocycles. The van der Waals surface area contributed by atoms with E-state index in [4.69, 9.17) is 5.73 Å². The van der Waals surface area contributed by atoms with Crippen molar-refractivity contribution in [3.05, 3.63) is 35.4 Å². The van der Waals surface area contributed by atoms with Gasteiger partial charge in [-0.2, -0.15) is 0 Å². The summed E-state index contributed by atoms with van der Waals surface area (Å²) in [5, 5.41) is 0. The molecule has 2 nitrogen and oxygen atoms in total. The molecule has 1 unspecified atom stereocenters. The number of hydrogen-bond acceptors (Lipinski definition) is 1. The second-order valence-electron chi connectivity index (χ2n) is 5.42. The lowest BCUT2D eigenvalue weighted by atomic mass is 9.84. The first kappa shape index (κ1) is 13.1. The summed E-state index contributed by atoms with van der Waals surface area (Å²) in [6, 6.07) is 8.48. The van der Waals surface area contributed by atoms with Crippen molar-refractivity contribution in [1.29, 1.82) is 0 Å². The van der Waals surface area contributed by atoms with Crippen LogP contribution >= 0.6 is 0 Å². The van der Waals surface area contributed by atoms with Crippen molar-refractivity contribution in [2.75, 3.05) is 0 Å². The first-order chi connectivity index (χ1) is 8.72. The van der Waals surface area contributed by atoms with Crippen molar-refractivity contribution in [3.63, 3.8) is 0 Å². The molecule has 0 saturated heterocycles. The molecule has 0 radical (unpaired) electrons. The number of benzene rings is 1. The normalized spacial score (nSPS) is 17.8. The quantitative estimate of drug-likeness (QED) is 0.849. The van der Waals surface area contributed by atoms with Crippen LogP contribution in [0.3, 0.4) is 0 Å². The highest BCUT2D eigenvalue weighted by molar-refractivity contribution is 5.82. The van der Waals surface area contributed by atoms with Gasteiger partial charge in [-0.3, -0.25) is 4.79 Å². The molecule has 0 heterocycles. The highest BCUT2D eigenvalue weighted by Crippen LogP contribution is 2.37. The summed E-state index contributed by atoms with van der Waals surface area (Å²) in [6.45, 7) is 2.18. The molecule has 1 fully saturated rings. The second kappa shape index (κ2) is 6.03. The molecular weight excluding hydrogens is 222 g/mol. The Kier molecular flexibility index (Phi) is 4.40. The van der Waals surface area contributed by atoms with Crippen LogP contribution in [0.5, 0.6) is 0 Å². The van der Waals surface area contributed by atoms with Crippen LogP contribution in [-0.2, 0) is 11.2 Å². The Labute approximate surface area is 110 Å². The standard InChI is InChI=1S/C16H23NO/c1-2-5-12-8-10-14(11-9-12)15(16(17)18)13-6-3-4-7-13/h8-11,13,15H,2-7H2,1H3,(H2,17,18). The number of amides is 1. The third kappa shape index (κ3) is 2.92. The van der Waals surface area contributed by atoms with Crippen LogP contribution in [0.15, 0.2) is 24.3 Å². The Balaban J connectivity index is 2.17. The fourth-order valence-corrected chi connectivity index (χ4v) is 3.14. The largest absolute Gasteiger partial charge is 0.369 e. The molecule has 2 N–H and O–H groups in total.